The van der Waals surface area contributed by atoms with E-state index in [0.717, 1.165) is 5.75 Å². The summed E-state index contributed by atoms with van der Waals surface area (Å²) in [4.78, 5) is 0.351. The number of fused-ring (bicyclic) bond motifs is 1. The fourth-order valence-electron chi connectivity index (χ4n) is 3.24. The Kier molecular flexibility index (Phi) is 3.77. The van der Waals surface area contributed by atoms with Crippen molar-refractivity contribution in [2.24, 2.45) is 0 Å². The van der Waals surface area contributed by atoms with Crippen LogP contribution in [-0.2, 0) is 10.8 Å². The second kappa shape index (κ2) is 4.80. The number of rotatable bonds is 2. The van der Waals surface area contributed by atoms with Crippen molar-refractivity contribution in [3.8, 4) is 5.75 Å². The second-order valence-electron chi connectivity index (χ2n) is 7.02. The Morgan fingerprint density at radius 3 is 2.21 bits per heavy atom. The Hall–Kier alpha value is -0.500. The fraction of sp³-hybridized carbons (Fsp3) is 0.647. The highest BCUT2D eigenvalue weighted by Crippen LogP contribution is 2.50. The molecule has 0 saturated heterocycles. The summed E-state index contributed by atoms with van der Waals surface area (Å²) in [6.07, 6.45) is 2.47. The zero-order valence-corrected chi connectivity index (χ0v) is 14.5. The second-order valence-corrected chi connectivity index (χ2v) is 8.40. The molecular formula is C17H25BrO. The molecule has 0 N–H and O–H groups in total. The first-order chi connectivity index (χ1) is 8.69. The summed E-state index contributed by atoms with van der Waals surface area (Å²) < 4.78 is 5.51. The molecule has 0 bridgehead atoms. The lowest BCUT2D eigenvalue weighted by atomic mass is 9.62. The number of methoxy groups -OCH3 is 1. The highest BCUT2D eigenvalue weighted by Gasteiger charge is 2.39. The molecule has 0 spiro atoms. The van der Waals surface area contributed by atoms with Gasteiger partial charge in [-0.25, -0.2) is 0 Å². The maximum absolute atomic E-state index is 5.51. The van der Waals surface area contributed by atoms with Gasteiger partial charge in [-0.15, -0.1) is 0 Å². The Morgan fingerprint density at radius 1 is 1.11 bits per heavy atom. The van der Waals surface area contributed by atoms with E-state index in [9.17, 15) is 0 Å². The van der Waals surface area contributed by atoms with Crippen LogP contribution in [0.2, 0.25) is 0 Å². The van der Waals surface area contributed by atoms with Gasteiger partial charge in [0.2, 0.25) is 0 Å². The van der Waals surface area contributed by atoms with Gasteiger partial charge in [-0.05, 0) is 59.4 Å². The van der Waals surface area contributed by atoms with Crippen LogP contribution in [0.5, 0.6) is 5.75 Å². The highest BCUT2D eigenvalue weighted by molar-refractivity contribution is 9.09. The molecule has 1 aromatic carbocycles. The van der Waals surface area contributed by atoms with Crippen molar-refractivity contribution < 1.29 is 4.74 Å². The maximum Gasteiger partial charge on any atom is 0.119 e. The Morgan fingerprint density at radius 2 is 1.68 bits per heavy atom. The van der Waals surface area contributed by atoms with Gasteiger partial charge in [0.25, 0.3) is 0 Å². The van der Waals surface area contributed by atoms with E-state index in [1.165, 1.54) is 29.5 Å². The number of alkyl halides is 1. The first-order valence-electron chi connectivity index (χ1n) is 7.06. The van der Waals surface area contributed by atoms with E-state index in [4.69, 9.17) is 4.74 Å². The summed E-state index contributed by atoms with van der Waals surface area (Å²) in [5.41, 5.74) is 4.84. The van der Waals surface area contributed by atoms with Gasteiger partial charge < -0.3 is 4.74 Å². The van der Waals surface area contributed by atoms with Gasteiger partial charge in [0.05, 0.1) is 7.11 Å². The third-order valence-corrected chi connectivity index (χ3v) is 5.08. The third-order valence-electron chi connectivity index (χ3n) is 4.59. The molecule has 2 rings (SSSR count). The summed E-state index contributed by atoms with van der Waals surface area (Å²) in [6.45, 7) is 11.6. The molecule has 1 atom stereocenters. The van der Waals surface area contributed by atoms with Gasteiger partial charge >= 0.3 is 0 Å². The van der Waals surface area contributed by atoms with E-state index in [1.54, 1.807) is 7.11 Å². The Balaban J connectivity index is 2.77. The van der Waals surface area contributed by atoms with Crippen molar-refractivity contribution >= 4 is 15.9 Å². The molecule has 0 aromatic heterocycles. The minimum absolute atomic E-state index is 0.232. The minimum atomic E-state index is 0.232. The Labute approximate surface area is 125 Å². The molecule has 1 nitrogen and oxygen atoms in total. The van der Waals surface area contributed by atoms with E-state index < -0.39 is 0 Å². The van der Waals surface area contributed by atoms with Crippen molar-refractivity contribution in [1.82, 2.24) is 0 Å². The predicted octanol–water partition coefficient (Wildman–Crippen LogP) is 5.50. The summed E-state index contributed by atoms with van der Waals surface area (Å²) in [5.74, 6) is 0.978. The quantitative estimate of drug-likeness (QED) is 0.652. The first kappa shape index (κ1) is 14.9. The normalized spacial score (nSPS) is 21.6. The monoisotopic (exact) mass is 324 g/mol. The average molecular weight is 325 g/mol. The van der Waals surface area contributed by atoms with E-state index >= 15 is 0 Å². The average Bonchev–Trinajstić information content (AvgIpc) is 2.33. The number of hydrogen-bond acceptors (Lipinski definition) is 1. The standard InChI is InChI=1S/C17H25BrO/c1-11(18)13-9-12(19-6)10-14-15(13)17(4,5)8-7-16(14,2)3/h9-11H,7-8H2,1-6H3. The molecule has 0 saturated carbocycles. The van der Waals surface area contributed by atoms with Gasteiger partial charge in [0.15, 0.2) is 0 Å². The maximum atomic E-state index is 5.51. The number of ether oxygens (including phenoxy) is 1. The van der Waals surface area contributed by atoms with E-state index in [2.05, 4.69) is 62.7 Å². The number of benzene rings is 1. The highest BCUT2D eigenvalue weighted by atomic mass is 79.9. The number of hydrogen-bond donors (Lipinski definition) is 0. The molecule has 2 heteroatoms. The molecule has 1 unspecified atom stereocenters. The zero-order chi connectivity index (χ0) is 14.4. The van der Waals surface area contributed by atoms with Crippen LogP contribution in [-0.4, -0.2) is 7.11 Å². The van der Waals surface area contributed by atoms with Crippen LogP contribution >= 0.6 is 15.9 Å². The van der Waals surface area contributed by atoms with Crippen molar-refractivity contribution in [2.45, 2.75) is 63.1 Å². The van der Waals surface area contributed by atoms with Gasteiger partial charge in [-0.3, -0.25) is 0 Å². The fourth-order valence-corrected chi connectivity index (χ4v) is 3.60. The van der Waals surface area contributed by atoms with Crippen molar-refractivity contribution in [3.05, 3.63) is 28.8 Å². The third kappa shape index (κ3) is 2.56. The molecule has 0 heterocycles. The van der Waals surface area contributed by atoms with Crippen molar-refractivity contribution in [3.63, 3.8) is 0 Å². The van der Waals surface area contributed by atoms with Gasteiger partial charge in [-0.2, -0.15) is 0 Å². The largest absolute Gasteiger partial charge is 0.497 e. The van der Waals surface area contributed by atoms with Gasteiger partial charge in [0, 0.05) is 4.83 Å². The van der Waals surface area contributed by atoms with Crippen LogP contribution in [0.3, 0.4) is 0 Å². The van der Waals surface area contributed by atoms with Crippen molar-refractivity contribution in [1.29, 1.82) is 0 Å². The lowest BCUT2D eigenvalue weighted by Crippen LogP contribution is -2.35. The molecule has 106 valence electrons. The van der Waals surface area contributed by atoms with Crippen molar-refractivity contribution in [2.75, 3.05) is 7.11 Å². The zero-order valence-electron chi connectivity index (χ0n) is 12.9. The first-order valence-corrected chi connectivity index (χ1v) is 7.97. The molecule has 1 aromatic rings. The topological polar surface area (TPSA) is 9.23 Å². The molecule has 0 aliphatic heterocycles. The van der Waals surface area contributed by atoms with Gasteiger partial charge in [0.1, 0.15) is 5.75 Å². The lowest BCUT2D eigenvalue weighted by molar-refractivity contribution is 0.326. The van der Waals surface area contributed by atoms with E-state index in [1.807, 2.05) is 0 Å². The molecule has 1 aliphatic carbocycles. The molecule has 0 amide bonds. The summed E-state index contributed by atoms with van der Waals surface area (Å²) >= 11 is 3.76. The smallest absolute Gasteiger partial charge is 0.119 e. The van der Waals surface area contributed by atoms with Crippen LogP contribution in [0, 0.1) is 0 Å². The van der Waals surface area contributed by atoms with Crippen LogP contribution in [0.1, 0.15) is 69.0 Å². The molecular weight excluding hydrogens is 300 g/mol. The van der Waals surface area contributed by atoms with Crippen LogP contribution < -0.4 is 4.74 Å². The molecule has 0 fully saturated rings. The molecule has 19 heavy (non-hydrogen) atoms. The van der Waals surface area contributed by atoms with Crippen LogP contribution in [0.25, 0.3) is 0 Å². The minimum Gasteiger partial charge on any atom is -0.497 e. The van der Waals surface area contributed by atoms with Crippen LogP contribution in [0.4, 0.5) is 0 Å². The summed E-state index contributed by atoms with van der Waals surface area (Å²) in [6, 6.07) is 4.44. The van der Waals surface area contributed by atoms with E-state index in [0.29, 0.717) is 4.83 Å². The van der Waals surface area contributed by atoms with Gasteiger partial charge in [-0.1, -0.05) is 43.6 Å². The number of halogens is 1. The molecule has 1 aliphatic rings. The lowest BCUT2D eigenvalue weighted by Gasteiger charge is -2.43. The SMILES string of the molecule is COc1cc(C(C)Br)c2c(c1)C(C)(C)CCC2(C)C. The molecule has 0 radical (unpaired) electrons. The summed E-state index contributed by atoms with van der Waals surface area (Å²) in [7, 11) is 1.76. The van der Waals surface area contributed by atoms with Crippen LogP contribution in [0.15, 0.2) is 12.1 Å². The predicted molar refractivity (Wildman–Crippen MR) is 85.6 cm³/mol. The van der Waals surface area contributed by atoms with E-state index in [-0.39, 0.29) is 10.8 Å². The summed E-state index contributed by atoms with van der Waals surface area (Å²) in [5, 5.41) is 0. The Bertz CT molecular complexity index is 486.